The molecule has 0 saturated carbocycles. The van der Waals surface area contributed by atoms with Crippen LogP contribution in [0.3, 0.4) is 0 Å². The summed E-state index contributed by atoms with van der Waals surface area (Å²) in [5.74, 6) is -0.253. The first-order valence-corrected chi connectivity index (χ1v) is 7.94. The Morgan fingerprint density at radius 1 is 1.18 bits per heavy atom. The number of hydrogen-bond donors (Lipinski definition) is 0. The van der Waals surface area contributed by atoms with Crippen molar-refractivity contribution >= 4 is 16.9 Å². The van der Waals surface area contributed by atoms with Gasteiger partial charge in [0.2, 0.25) is 0 Å². The molecule has 0 spiro atoms. The van der Waals surface area contributed by atoms with E-state index in [1.54, 1.807) is 0 Å². The van der Waals surface area contributed by atoms with Gasteiger partial charge in [-0.2, -0.15) is 0 Å². The molecule has 2 aromatic rings. The van der Waals surface area contributed by atoms with Crippen LogP contribution in [-0.4, -0.2) is 28.9 Å². The quantitative estimate of drug-likeness (QED) is 0.812. The van der Waals surface area contributed by atoms with Gasteiger partial charge in [0.15, 0.2) is 0 Å². The second kappa shape index (κ2) is 6.88. The third kappa shape index (κ3) is 3.83. The van der Waals surface area contributed by atoms with Crippen LogP contribution in [-0.2, 0) is 22.7 Å². The number of carbonyl (C=O) groups excluding carboxylic acids is 1. The predicted molar refractivity (Wildman–Crippen MR) is 86.3 cm³/mol. The molecule has 22 heavy (non-hydrogen) atoms. The molecular formula is C18H22N2O2. The Hall–Kier alpha value is -1.94. The number of hydrogen-bond acceptors (Lipinski definition) is 4. The van der Waals surface area contributed by atoms with E-state index in [1.165, 1.54) is 44.8 Å². The fraction of sp³-hybridized carbons (Fsp3) is 0.444. The van der Waals surface area contributed by atoms with E-state index in [1.807, 2.05) is 18.3 Å². The summed E-state index contributed by atoms with van der Waals surface area (Å²) in [6.07, 6.45) is 5.93. The summed E-state index contributed by atoms with van der Waals surface area (Å²) in [4.78, 5) is 18.0. The molecule has 4 heteroatoms. The van der Waals surface area contributed by atoms with Crippen LogP contribution in [0, 0.1) is 0 Å². The Balaban J connectivity index is 1.76. The first kappa shape index (κ1) is 15.0. The molecule has 0 N–H and O–H groups in total. The van der Waals surface area contributed by atoms with Crippen molar-refractivity contribution in [1.29, 1.82) is 0 Å². The summed E-state index contributed by atoms with van der Waals surface area (Å²) in [6, 6.07) is 8.21. The lowest BCUT2D eigenvalue weighted by Gasteiger charge is -2.26. The first-order chi connectivity index (χ1) is 10.7. The zero-order chi connectivity index (χ0) is 15.4. The van der Waals surface area contributed by atoms with Crippen LogP contribution in [0.2, 0.25) is 0 Å². The molecule has 3 rings (SSSR count). The molecular weight excluding hydrogens is 276 g/mol. The maximum absolute atomic E-state index is 10.9. The van der Waals surface area contributed by atoms with Gasteiger partial charge in [-0.15, -0.1) is 0 Å². The van der Waals surface area contributed by atoms with Crippen molar-refractivity contribution in [3.05, 3.63) is 41.6 Å². The second-order valence-corrected chi connectivity index (χ2v) is 5.99. The van der Waals surface area contributed by atoms with Crippen LogP contribution >= 0.6 is 0 Å². The van der Waals surface area contributed by atoms with Gasteiger partial charge in [-0.25, -0.2) is 0 Å². The number of nitrogens with zero attached hydrogens (tertiary/aromatic N) is 2. The molecule has 116 valence electrons. The number of piperidine rings is 1. The lowest BCUT2D eigenvalue weighted by molar-refractivity contribution is -0.142. The second-order valence-electron chi connectivity index (χ2n) is 5.99. The van der Waals surface area contributed by atoms with Gasteiger partial charge in [0.25, 0.3) is 0 Å². The Morgan fingerprint density at radius 3 is 2.73 bits per heavy atom. The highest BCUT2D eigenvalue weighted by Gasteiger charge is 2.11. The summed E-state index contributed by atoms with van der Waals surface area (Å²) in [5, 5.41) is 1.11. The molecule has 0 unspecified atom stereocenters. The van der Waals surface area contributed by atoms with Crippen molar-refractivity contribution in [2.24, 2.45) is 0 Å². The van der Waals surface area contributed by atoms with Crippen LogP contribution in [0.15, 0.2) is 30.5 Å². The van der Waals surface area contributed by atoms with E-state index in [9.17, 15) is 4.79 Å². The van der Waals surface area contributed by atoms with Gasteiger partial charge >= 0.3 is 5.97 Å². The van der Waals surface area contributed by atoms with Crippen molar-refractivity contribution in [1.82, 2.24) is 9.88 Å². The monoisotopic (exact) mass is 298 g/mol. The lowest BCUT2D eigenvalue weighted by Crippen LogP contribution is -2.29. The number of carbonyl (C=O) groups is 1. The largest absolute Gasteiger partial charge is 0.461 e. The average molecular weight is 298 g/mol. The number of ether oxygens (including phenoxy) is 1. The van der Waals surface area contributed by atoms with Crippen LogP contribution in [0.25, 0.3) is 10.9 Å². The summed E-state index contributed by atoms with van der Waals surface area (Å²) < 4.78 is 5.06. The van der Waals surface area contributed by atoms with E-state index in [2.05, 4.69) is 22.0 Å². The Bertz CT molecular complexity index is 663. The molecule has 1 aliphatic rings. The number of aromatic nitrogens is 1. The molecule has 1 fully saturated rings. The minimum atomic E-state index is -0.253. The van der Waals surface area contributed by atoms with Crippen molar-refractivity contribution in [3.63, 3.8) is 0 Å². The number of fused-ring (bicyclic) bond motifs is 1. The predicted octanol–water partition coefficient (Wildman–Crippen LogP) is 3.28. The molecule has 2 heterocycles. The molecule has 0 aliphatic carbocycles. The van der Waals surface area contributed by atoms with E-state index in [4.69, 9.17) is 4.74 Å². The highest BCUT2D eigenvalue weighted by atomic mass is 16.5. The molecule has 1 aliphatic heterocycles. The Kier molecular flexibility index (Phi) is 4.68. The topological polar surface area (TPSA) is 42.4 Å². The third-order valence-electron chi connectivity index (χ3n) is 4.10. The van der Waals surface area contributed by atoms with E-state index in [0.717, 1.165) is 23.0 Å². The van der Waals surface area contributed by atoms with Crippen molar-refractivity contribution in [2.45, 2.75) is 39.3 Å². The van der Waals surface area contributed by atoms with Gasteiger partial charge in [-0.1, -0.05) is 12.5 Å². The molecule has 0 amide bonds. The van der Waals surface area contributed by atoms with E-state index in [0.29, 0.717) is 6.61 Å². The normalized spacial score (nSPS) is 15.9. The molecule has 0 radical (unpaired) electrons. The Labute approximate surface area is 131 Å². The molecule has 0 bridgehead atoms. The fourth-order valence-corrected chi connectivity index (χ4v) is 2.96. The van der Waals surface area contributed by atoms with Crippen LogP contribution < -0.4 is 0 Å². The van der Waals surface area contributed by atoms with Gasteiger partial charge in [0.1, 0.15) is 6.61 Å². The van der Waals surface area contributed by atoms with E-state index < -0.39 is 0 Å². The van der Waals surface area contributed by atoms with Gasteiger partial charge in [-0.3, -0.25) is 14.7 Å². The number of benzene rings is 1. The molecule has 1 aromatic heterocycles. The maximum Gasteiger partial charge on any atom is 0.302 e. The number of likely N-dealkylation sites (tertiary alicyclic amines) is 1. The summed E-state index contributed by atoms with van der Waals surface area (Å²) in [6.45, 7) is 5.09. The SMILES string of the molecule is CC(=O)OCc1ccc2ncc(CN3CCCCC3)cc2c1. The number of rotatable bonds is 4. The number of pyridine rings is 1. The van der Waals surface area contributed by atoms with Gasteiger partial charge in [-0.05, 0) is 55.3 Å². The van der Waals surface area contributed by atoms with Crippen LogP contribution in [0.1, 0.15) is 37.3 Å². The Morgan fingerprint density at radius 2 is 1.95 bits per heavy atom. The minimum Gasteiger partial charge on any atom is -0.461 e. The summed E-state index contributed by atoms with van der Waals surface area (Å²) in [7, 11) is 0. The zero-order valence-corrected chi connectivity index (χ0v) is 13.0. The van der Waals surface area contributed by atoms with Crippen molar-refractivity contribution in [3.8, 4) is 0 Å². The lowest BCUT2D eigenvalue weighted by atomic mass is 10.1. The fourth-order valence-electron chi connectivity index (χ4n) is 2.96. The highest BCUT2D eigenvalue weighted by Crippen LogP contribution is 2.19. The maximum atomic E-state index is 10.9. The van der Waals surface area contributed by atoms with E-state index in [-0.39, 0.29) is 5.97 Å². The van der Waals surface area contributed by atoms with Crippen LogP contribution in [0.4, 0.5) is 0 Å². The average Bonchev–Trinajstić information content (AvgIpc) is 2.53. The van der Waals surface area contributed by atoms with Crippen molar-refractivity contribution < 1.29 is 9.53 Å². The summed E-state index contributed by atoms with van der Waals surface area (Å²) >= 11 is 0. The highest BCUT2D eigenvalue weighted by molar-refractivity contribution is 5.79. The molecule has 4 nitrogen and oxygen atoms in total. The standard InChI is InChI=1S/C18H22N2O2/c1-14(21)22-13-15-5-6-18-17(9-15)10-16(11-19-18)12-20-7-3-2-4-8-20/h5-6,9-11H,2-4,7-8,12-13H2,1H3. The molecule has 1 saturated heterocycles. The summed E-state index contributed by atoms with van der Waals surface area (Å²) in [5.41, 5.74) is 3.23. The van der Waals surface area contributed by atoms with E-state index >= 15 is 0 Å². The molecule has 1 aromatic carbocycles. The van der Waals surface area contributed by atoms with Crippen molar-refractivity contribution in [2.75, 3.05) is 13.1 Å². The molecule has 0 atom stereocenters. The first-order valence-electron chi connectivity index (χ1n) is 7.94. The number of esters is 1. The van der Waals surface area contributed by atoms with Gasteiger partial charge in [0.05, 0.1) is 5.52 Å². The van der Waals surface area contributed by atoms with Gasteiger partial charge < -0.3 is 4.74 Å². The minimum absolute atomic E-state index is 0.253. The smallest absolute Gasteiger partial charge is 0.302 e. The van der Waals surface area contributed by atoms with Gasteiger partial charge in [0, 0.05) is 25.1 Å². The zero-order valence-electron chi connectivity index (χ0n) is 13.0. The third-order valence-corrected chi connectivity index (χ3v) is 4.10. The van der Waals surface area contributed by atoms with Crippen LogP contribution in [0.5, 0.6) is 0 Å².